The Morgan fingerprint density at radius 3 is 2.79 bits per heavy atom. The third-order valence-corrected chi connectivity index (χ3v) is 5.01. The minimum Gasteiger partial charge on any atom is -0.477 e. The van der Waals surface area contributed by atoms with Crippen molar-refractivity contribution in [1.29, 1.82) is 0 Å². The minimum absolute atomic E-state index is 0.0114. The number of nitrogens with two attached hydrogens (primary N) is 1. The van der Waals surface area contributed by atoms with E-state index in [2.05, 4.69) is 20.3 Å². The smallest absolute Gasteiger partial charge is 0.275 e. The Bertz CT molecular complexity index is 923. The van der Waals surface area contributed by atoms with Gasteiger partial charge in [0.05, 0.1) is 24.5 Å². The summed E-state index contributed by atoms with van der Waals surface area (Å²) < 4.78 is 33.8. The highest BCUT2D eigenvalue weighted by Gasteiger charge is 2.33. The van der Waals surface area contributed by atoms with Crippen LogP contribution < -0.4 is 15.8 Å². The van der Waals surface area contributed by atoms with Crippen molar-refractivity contribution in [2.45, 2.75) is 25.8 Å². The van der Waals surface area contributed by atoms with Crippen molar-refractivity contribution in [3.05, 3.63) is 47.4 Å². The number of aromatic nitrogens is 2. The summed E-state index contributed by atoms with van der Waals surface area (Å²) in [6, 6.07) is 2.28. The number of ether oxygens (including phenoxy) is 1. The minimum atomic E-state index is -1.08. The van der Waals surface area contributed by atoms with Crippen molar-refractivity contribution in [2.75, 3.05) is 17.7 Å². The molecule has 1 aromatic heterocycles. The summed E-state index contributed by atoms with van der Waals surface area (Å²) >= 11 is 1.36. The molecule has 1 aliphatic heterocycles. The lowest BCUT2D eigenvalue weighted by Crippen LogP contribution is -2.30. The van der Waals surface area contributed by atoms with E-state index in [4.69, 9.17) is 10.5 Å². The number of benzene rings is 1. The normalized spacial score (nSPS) is 19.1. The van der Waals surface area contributed by atoms with Gasteiger partial charge in [-0.1, -0.05) is 11.8 Å². The molecule has 0 saturated carbocycles. The van der Waals surface area contributed by atoms with E-state index in [-0.39, 0.29) is 22.8 Å². The number of carbonyl (C=O) groups excluding carboxylic acids is 1. The van der Waals surface area contributed by atoms with Crippen molar-refractivity contribution in [2.24, 2.45) is 10.7 Å². The predicted molar refractivity (Wildman–Crippen MR) is 104 cm³/mol. The molecule has 0 aliphatic carbocycles. The lowest BCUT2D eigenvalue weighted by molar-refractivity contribution is 0.102. The highest BCUT2D eigenvalue weighted by atomic mass is 32.2. The number of thioether (sulfide) groups is 1. The molecule has 2 aromatic rings. The van der Waals surface area contributed by atoms with Crippen molar-refractivity contribution in [3.63, 3.8) is 0 Å². The van der Waals surface area contributed by atoms with Gasteiger partial charge >= 0.3 is 0 Å². The maximum absolute atomic E-state index is 14.5. The molecule has 1 aromatic carbocycles. The zero-order chi connectivity index (χ0) is 20.3. The van der Waals surface area contributed by atoms with Gasteiger partial charge in [-0.15, -0.1) is 0 Å². The molecule has 7 nitrogen and oxygen atoms in total. The molecule has 0 radical (unpaired) electrons. The van der Waals surface area contributed by atoms with Gasteiger partial charge in [-0.2, -0.15) is 0 Å². The maximum atomic E-state index is 14.5. The molecule has 0 saturated heterocycles. The molecule has 3 rings (SSSR count). The quantitative estimate of drug-likeness (QED) is 0.790. The Labute approximate surface area is 164 Å². The van der Waals surface area contributed by atoms with Crippen LogP contribution >= 0.6 is 11.8 Å². The number of amides is 1. The van der Waals surface area contributed by atoms with E-state index in [0.717, 1.165) is 6.07 Å². The van der Waals surface area contributed by atoms with Crippen LogP contribution in [0.3, 0.4) is 0 Å². The second-order valence-electron chi connectivity index (χ2n) is 6.27. The topological polar surface area (TPSA) is 102 Å². The SMILES string of the molecule is CCOc1cnc(C(=O)Nc2cc(F)c(F)c(C3(C)CCSC(N)=N3)c2)cn1. The molecule has 28 heavy (non-hydrogen) atoms. The number of carbonyl (C=O) groups is 1. The summed E-state index contributed by atoms with van der Waals surface area (Å²) in [4.78, 5) is 24.6. The molecule has 1 unspecified atom stereocenters. The Kier molecular flexibility index (Phi) is 5.78. The van der Waals surface area contributed by atoms with Crippen molar-refractivity contribution < 1.29 is 18.3 Å². The first kappa shape index (κ1) is 20.0. The van der Waals surface area contributed by atoms with E-state index in [1.54, 1.807) is 13.8 Å². The summed E-state index contributed by atoms with van der Waals surface area (Å²) in [5.74, 6) is -1.79. The molecule has 0 fully saturated rings. The first-order valence-electron chi connectivity index (χ1n) is 8.56. The van der Waals surface area contributed by atoms with E-state index >= 15 is 0 Å². The van der Waals surface area contributed by atoms with E-state index in [1.165, 1.54) is 30.2 Å². The standard InChI is InChI=1S/C18H19F2N5O2S/c1-3-27-14-9-22-13(8-23-14)16(26)24-10-6-11(15(20)12(19)7-10)18(2)4-5-28-17(21)25-18/h6-9H,3-5H2,1-2H3,(H2,21,25)(H,24,26). The average molecular weight is 407 g/mol. The van der Waals surface area contributed by atoms with E-state index in [1.807, 2.05) is 0 Å². The summed E-state index contributed by atoms with van der Waals surface area (Å²) in [5.41, 5.74) is 4.88. The fraction of sp³-hybridized carbons (Fsp3) is 0.333. The van der Waals surface area contributed by atoms with Gasteiger partial charge in [-0.3, -0.25) is 9.79 Å². The second-order valence-corrected chi connectivity index (χ2v) is 7.38. The predicted octanol–water partition coefficient (Wildman–Crippen LogP) is 3.07. The Hall–Kier alpha value is -2.75. The first-order chi connectivity index (χ1) is 13.3. The summed E-state index contributed by atoms with van der Waals surface area (Å²) in [6.07, 6.45) is 3.04. The number of hydrogen-bond donors (Lipinski definition) is 2. The van der Waals surface area contributed by atoms with Crippen molar-refractivity contribution in [1.82, 2.24) is 9.97 Å². The zero-order valence-electron chi connectivity index (χ0n) is 15.3. The molecule has 148 valence electrons. The highest BCUT2D eigenvalue weighted by Crippen LogP contribution is 2.38. The number of hydrogen-bond acceptors (Lipinski definition) is 7. The van der Waals surface area contributed by atoms with Crippen LogP contribution in [0.5, 0.6) is 5.88 Å². The molecular weight excluding hydrogens is 388 g/mol. The van der Waals surface area contributed by atoms with Crippen LogP contribution in [-0.2, 0) is 5.54 Å². The molecule has 1 atom stereocenters. The van der Waals surface area contributed by atoms with Crippen LogP contribution in [-0.4, -0.2) is 33.4 Å². The number of aliphatic imine (C=N–C) groups is 1. The molecule has 2 heterocycles. The Morgan fingerprint density at radius 2 is 2.14 bits per heavy atom. The van der Waals surface area contributed by atoms with Gasteiger partial charge in [0.25, 0.3) is 5.91 Å². The highest BCUT2D eigenvalue weighted by molar-refractivity contribution is 8.13. The van der Waals surface area contributed by atoms with Crippen LogP contribution in [0.1, 0.15) is 36.3 Å². The van der Waals surface area contributed by atoms with E-state index < -0.39 is 23.1 Å². The van der Waals surface area contributed by atoms with Gasteiger partial charge < -0.3 is 15.8 Å². The monoisotopic (exact) mass is 407 g/mol. The average Bonchev–Trinajstić information content (AvgIpc) is 2.65. The van der Waals surface area contributed by atoms with Crippen molar-refractivity contribution >= 4 is 28.5 Å². The molecule has 10 heteroatoms. The van der Waals surface area contributed by atoms with Crippen LogP contribution in [0.2, 0.25) is 0 Å². The maximum Gasteiger partial charge on any atom is 0.275 e. The third-order valence-electron chi connectivity index (χ3n) is 4.22. The Morgan fingerprint density at radius 1 is 1.36 bits per heavy atom. The molecular formula is C18H19F2N5O2S. The Balaban J connectivity index is 1.88. The van der Waals surface area contributed by atoms with Gasteiger partial charge in [-0.05, 0) is 26.3 Å². The van der Waals surface area contributed by atoms with Crippen LogP contribution in [0.4, 0.5) is 14.5 Å². The first-order valence-corrected chi connectivity index (χ1v) is 9.55. The number of anilines is 1. The number of amidine groups is 1. The van der Waals surface area contributed by atoms with Gasteiger partial charge in [0, 0.05) is 23.1 Å². The lowest BCUT2D eigenvalue weighted by atomic mass is 9.89. The van der Waals surface area contributed by atoms with E-state index in [9.17, 15) is 13.6 Å². The van der Waals surface area contributed by atoms with Gasteiger partial charge in [0.1, 0.15) is 5.69 Å². The van der Waals surface area contributed by atoms with Gasteiger partial charge in [0.2, 0.25) is 5.88 Å². The van der Waals surface area contributed by atoms with Crippen LogP contribution in [0.25, 0.3) is 0 Å². The van der Waals surface area contributed by atoms with Crippen LogP contribution in [0.15, 0.2) is 29.5 Å². The fourth-order valence-corrected chi connectivity index (χ4v) is 3.76. The zero-order valence-corrected chi connectivity index (χ0v) is 16.1. The summed E-state index contributed by atoms with van der Waals surface area (Å²) in [5, 5.41) is 2.82. The largest absolute Gasteiger partial charge is 0.477 e. The molecule has 3 N–H and O–H groups in total. The molecule has 0 bridgehead atoms. The van der Waals surface area contributed by atoms with Crippen molar-refractivity contribution in [3.8, 4) is 5.88 Å². The van der Waals surface area contributed by atoms with Gasteiger partial charge in [0.15, 0.2) is 16.8 Å². The number of nitrogens with one attached hydrogen (secondary N) is 1. The molecule has 1 aliphatic rings. The number of halogens is 2. The van der Waals surface area contributed by atoms with E-state index in [0.29, 0.717) is 23.9 Å². The molecule has 1 amide bonds. The third kappa shape index (κ3) is 4.22. The number of nitrogens with zero attached hydrogens (tertiary/aromatic N) is 3. The summed E-state index contributed by atoms with van der Waals surface area (Å²) in [7, 11) is 0. The van der Waals surface area contributed by atoms with Crippen LogP contribution in [0, 0.1) is 11.6 Å². The molecule has 0 spiro atoms. The number of rotatable bonds is 5. The summed E-state index contributed by atoms with van der Waals surface area (Å²) in [6.45, 7) is 3.90. The lowest BCUT2D eigenvalue weighted by Gasteiger charge is -2.30. The second kappa shape index (κ2) is 8.09. The van der Waals surface area contributed by atoms with Gasteiger partial charge in [-0.25, -0.2) is 18.7 Å². The fourth-order valence-electron chi connectivity index (χ4n) is 2.78.